The smallest absolute Gasteiger partial charge is 0.269 e. The molecule has 0 bridgehead atoms. The Kier molecular flexibility index (Phi) is 4.06. The largest absolute Gasteiger partial charge is 0.433 e. The van der Waals surface area contributed by atoms with Crippen LogP contribution in [0, 0.1) is 0 Å². The number of benzene rings is 2. The predicted octanol–water partition coefficient (Wildman–Crippen LogP) is 5.65. The van der Waals surface area contributed by atoms with E-state index < -0.39 is 0 Å². The zero-order valence-electron chi connectivity index (χ0n) is 15.8. The van der Waals surface area contributed by atoms with Gasteiger partial charge in [-0.3, -0.25) is 4.79 Å². The molecule has 0 atom stereocenters. The number of carbonyl (C=O) groups excluding carboxylic acids is 1. The van der Waals surface area contributed by atoms with E-state index in [-0.39, 0.29) is 22.5 Å². The molecule has 0 saturated carbocycles. The minimum atomic E-state index is -0.186. The Labute approximate surface area is 149 Å². The van der Waals surface area contributed by atoms with Gasteiger partial charge in [0, 0.05) is 11.1 Å². The highest BCUT2D eigenvalue weighted by molar-refractivity contribution is 6.07. The molecule has 0 fully saturated rings. The zero-order valence-corrected chi connectivity index (χ0v) is 15.8. The first-order valence-electron chi connectivity index (χ1n) is 8.62. The molecule has 3 aromatic rings. The summed E-state index contributed by atoms with van der Waals surface area (Å²) in [5.41, 5.74) is 4.20. The second kappa shape index (κ2) is 5.83. The Morgan fingerprint density at radius 2 is 1.56 bits per heavy atom. The highest BCUT2D eigenvalue weighted by Gasteiger charge is 2.26. The molecule has 0 aliphatic heterocycles. The fourth-order valence-corrected chi connectivity index (χ4v) is 2.83. The lowest BCUT2D eigenvalue weighted by Crippen LogP contribution is -2.16. The second-order valence-corrected chi connectivity index (χ2v) is 8.59. The van der Waals surface area contributed by atoms with Crippen LogP contribution in [0.2, 0.25) is 0 Å². The average Bonchev–Trinajstić information content (AvgIpc) is 2.96. The summed E-state index contributed by atoms with van der Waals surface area (Å²) in [6.07, 6.45) is 0. The number of oxazole rings is 1. The molecule has 0 aliphatic rings. The van der Waals surface area contributed by atoms with Gasteiger partial charge in [-0.25, -0.2) is 4.98 Å². The molecule has 3 nitrogen and oxygen atoms in total. The highest BCUT2D eigenvalue weighted by atomic mass is 16.4. The first-order chi connectivity index (χ1) is 11.6. The lowest BCUT2D eigenvalue weighted by molar-refractivity contribution is 0.100. The van der Waals surface area contributed by atoms with Crippen molar-refractivity contribution in [3.63, 3.8) is 0 Å². The van der Waals surface area contributed by atoms with Crippen molar-refractivity contribution in [3.05, 3.63) is 65.0 Å². The summed E-state index contributed by atoms with van der Waals surface area (Å²) in [5.74, 6) is -0.0354. The van der Waals surface area contributed by atoms with Crippen molar-refractivity contribution < 1.29 is 9.21 Å². The highest BCUT2D eigenvalue weighted by Crippen LogP contribution is 2.35. The molecule has 0 N–H and O–H groups in total. The van der Waals surface area contributed by atoms with Crippen LogP contribution in [0.1, 0.15) is 68.9 Å². The van der Waals surface area contributed by atoms with E-state index in [9.17, 15) is 4.79 Å². The molecule has 25 heavy (non-hydrogen) atoms. The minimum Gasteiger partial charge on any atom is -0.433 e. The van der Waals surface area contributed by atoms with E-state index in [1.165, 1.54) is 5.56 Å². The molecule has 1 heterocycles. The van der Waals surface area contributed by atoms with Crippen molar-refractivity contribution in [2.24, 2.45) is 0 Å². The van der Waals surface area contributed by atoms with Crippen LogP contribution >= 0.6 is 0 Å². The Morgan fingerprint density at radius 1 is 0.920 bits per heavy atom. The van der Waals surface area contributed by atoms with E-state index >= 15 is 0 Å². The van der Waals surface area contributed by atoms with Crippen molar-refractivity contribution in [1.29, 1.82) is 0 Å². The van der Waals surface area contributed by atoms with Gasteiger partial charge in [-0.05, 0) is 22.5 Å². The summed E-state index contributed by atoms with van der Waals surface area (Å²) >= 11 is 0. The molecule has 2 aromatic carbocycles. The number of hydrogen-bond donors (Lipinski definition) is 0. The maximum atomic E-state index is 12.7. The number of fused-ring (bicyclic) bond motifs is 1. The third-order valence-electron chi connectivity index (χ3n) is 4.39. The molecule has 0 aliphatic carbocycles. The summed E-state index contributed by atoms with van der Waals surface area (Å²) in [7, 11) is 0. The summed E-state index contributed by atoms with van der Waals surface area (Å²) in [6.45, 7) is 13.0. The topological polar surface area (TPSA) is 43.1 Å². The predicted molar refractivity (Wildman–Crippen MR) is 101 cm³/mol. The number of aromatic nitrogens is 1. The lowest BCUT2D eigenvalue weighted by atomic mass is 9.80. The van der Waals surface area contributed by atoms with Gasteiger partial charge in [0.15, 0.2) is 5.58 Å². The van der Waals surface area contributed by atoms with Crippen molar-refractivity contribution in [3.8, 4) is 0 Å². The van der Waals surface area contributed by atoms with Crippen LogP contribution in [0.4, 0.5) is 0 Å². The maximum Gasteiger partial charge on any atom is 0.269 e. The van der Waals surface area contributed by atoms with Crippen molar-refractivity contribution >= 4 is 16.9 Å². The second-order valence-electron chi connectivity index (χ2n) is 8.59. The SMILES string of the molecule is CC(C)(C)c1cc(C(C)(C)C)c2oc(C(=O)c3ccccc3)nc2c1. The molecular formula is C22H25NO2. The molecule has 1 aromatic heterocycles. The Morgan fingerprint density at radius 3 is 2.12 bits per heavy atom. The van der Waals surface area contributed by atoms with Gasteiger partial charge in [0.05, 0.1) is 0 Å². The van der Waals surface area contributed by atoms with E-state index in [1.807, 2.05) is 24.3 Å². The lowest BCUT2D eigenvalue weighted by Gasteiger charge is -2.24. The fourth-order valence-electron chi connectivity index (χ4n) is 2.83. The fraction of sp³-hybridized carbons (Fsp3) is 0.364. The van der Waals surface area contributed by atoms with Gasteiger partial charge in [0.25, 0.3) is 5.89 Å². The summed E-state index contributed by atoms with van der Waals surface area (Å²) in [6, 6.07) is 13.4. The van der Waals surface area contributed by atoms with Gasteiger partial charge in [0.2, 0.25) is 5.78 Å². The number of ketones is 1. The third kappa shape index (κ3) is 3.37. The molecule has 0 radical (unpaired) electrons. The Bertz CT molecular complexity index is 922. The van der Waals surface area contributed by atoms with Crippen LogP contribution in [0.3, 0.4) is 0 Å². The number of nitrogens with zero attached hydrogens (tertiary/aromatic N) is 1. The number of hydrogen-bond acceptors (Lipinski definition) is 3. The molecule has 0 unspecified atom stereocenters. The van der Waals surface area contributed by atoms with Crippen LogP contribution in [-0.4, -0.2) is 10.8 Å². The molecule has 0 spiro atoms. The quantitative estimate of drug-likeness (QED) is 0.568. The van der Waals surface area contributed by atoms with Crippen LogP contribution < -0.4 is 0 Å². The van der Waals surface area contributed by atoms with E-state index in [4.69, 9.17) is 4.42 Å². The number of rotatable bonds is 2. The van der Waals surface area contributed by atoms with E-state index in [0.29, 0.717) is 11.1 Å². The van der Waals surface area contributed by atoms with Gasteiger partial charge < -0.3 is 4.42 Å². The van der Waals surface area contributed by atoms with Gasteiger partial charge in [0.1, 0.15) is 5.52 Å². The first kappa shape index (κ1) is 17.4. The zero-order chi connectivity index (χ0) is 18.4. The summed E-state index contributed by atoms with van der Waals surface area (Å²) in [5, 5.41) is 0. The normalized spacial score (nSPS) is 12.6. The van der Waals surface area contributed by atoms with Crippen LogP contribution in [0.25, 0.3) is 11.1 Å². The van der Waals surface area contributed by atoms with Gasteiger partial charge in [-0.2, -0.15) is 0 Å². The summed E-state index contributed by atoms with van der Waals surface area (Å²) in [4.78, 5) is 17.2. The third-order valence-corrected chi connectivity index (χ3v) is 4.39. The van der Waals surface area contributed by atoms with E-state index in [1.54, 1.807) is 12.1 Å². The molecular weight excluding hydrogens is 310 g/mol. The van der Waals surface area contributed by atoms with Crippen LogP contribution in [0.5, 0.6) is 0 Å². The Hall–Kier alpha value is -2.42. The van der Waals surface area contributed by atoms with Crippen LogP contribution in [0.15, 0.2) is 46.9 Å². The first-order valence-corrected chi connectivity index (χ1v) is 8.62. The van der Waals surface area contributed by atoms with E-state index in [2.05, 4.69) is 52.6 Å². The monoisotopic (exact) mass is 335 g/mol. The Balaban J connectivity index is 2.21. The van der Waals surface area contributed by atoms with E-state index in [0.717, 1.165) is 11.1 Å². The van der Waals surface area contributed by atoms with Crippen molar-refractivity contribution in [1.82, 2.24) is 4.98 Å². The van der Waals surface area contributed by atoms with Gasteiger partial charge in [-0.1, -0.05) is 77.9 Å². The standard InChI is InChI=1S/C22H25NO2/c1-21(2,3)15-12-16(22(4,5)6)19-17(13-15)23-20(25-19)18(24)14-10-8-7-9-11-14/h7-13H,1-6H3. The average molecular weight is 335 g/mol. The van der Waals surface area contributed by atoms with Crippen molar-refractivity contribution in [2.45, 2.75) is 52.4 Å². The molecule has 0 amide bonds. The van der Waals surface area contributed by atoms with Gasteiger partial charge in [-0.15, -0.1) is 0 Å². The molecule has 0 saturated heterocycles. The minimum absolute atomic E-state index is 0.00323. The molecule has 3 heteroatoms. The molecule has 3 rings (SSSR count). The van der Waals surface area contributed by atoms with Crippen LogP contribution in [-0.2, 0) is 10.8 Å². The number of carbonyl (C=O) groups is 1. The van der Waals surface area contributed by atoms with Gasteiger partial charge >= 0.3 is 0 Å². The van der Waals surface area contributed by atoms with Crippen molar-refractivity contribution in [2.75, 3.05) is 0 Å². The summed E-state index contributed by atoms with van der Waals surface area (Å²) < 4.78 is 5.95. The molecule has 130 valence electrons. The maximum absolute atomic E-state index is 12.7.